The van der Waals surface area contributed by atoms with Crippen LogP contribution in [0.5, 0.6) is 0 Å². The second-order valence-corrected chi connectivity index (χ2v) is 5.70. The zero-order chi connectivity index (χ0) is 12.1. The summed E-state index contributed by atoms with van der Waals surface area (Å²) in [6, 6.07) is 7.88. The molecule has 1 heterocycles. The first-order valence-electron chi connectivity index (χ1n) is 6.00. The van der Waals surface area contributed by atoms with E-state index < -0.39 is 0 Å². The molecule has 0 aromatic heterocycles. The first-order chi connectivity index (χ1) is 8.24. The van der Waals surface area contributed by atoms with Gasteiger partial charge in [0.05, 0.1) is 0 Å². The summed E-state index contributed by atoms with van der Waals surface area (Å²) in [5.74, 6) is 0.801. The molecule has 3 nitrogen and oxygen atoms in total. The Labute approximate surface area is 116 Å². The minimum atomic E-state index is 0.123. The number of carbonyl (C=O) groups excluding carboxylic acids is 1. The highest BCUT2D eigenvalue weighted by Gasteiger charge is 2.15. The van der Waals surface area contributed by atoms with Crippen molar-refractivity contribution in [1.82, 2.24) is 5.32 Å². The van der Waals surface area contributed by atoms with E-state index in [0.717, 1.165) is 25.2 Å². The average Bonchev–Trinajstić information content (AvgIpc) is 2.83. The summed E-state index contributed by atoms with van der Waals surface area (Å²) < 4.78 is 1.18. The van der Waals surface area contributed by atoms with E-state index in [-0.39, 0.29) is 5.91 Å². The fourth-order valence-electron chi connectivity index (χ4n) is 2.05. The van der Waals surface area contributed by atoms with E-state index in [2.05, 4.69) is 33.2 Å². The van der Waals surface area contributed by atoms with Crippen LogP contribution in [0.15, 0.2) is 24.3 Å². The summed E-state index contributed by atoms with van der Waals surface area (Å²) in [6.07, 6.45) is 2.82. The molecule has 1 unspecified atom stereocenters. The van der Waals surface area contributed by atoms with E-state index in [9.17, 15) is 4.79 Å². The quantitative estimate of drug-likeness (QED) is 0.825. The van der Waals surface area contributed by atoms with Crippen LogP contribution in [0.1, 0.15) is 19.3 Å². The van der Waals surface area contributed by atoms with Gasteiger partial charge in [-0.2, -0.15) is 0 Å². The molecule has 2 rings (SSSR count). The van der Waals surface area contributed by atoms with Gasteiger partial charge in [0.15, 0.2) is 0 Å². The molecule has 1 aromatic rings. The van der Waals surface area contributed by atoms with Crippen LogP contribution in [0.3, 0.4) is 0 Å². The zero-order valence-electron chi connectivity index (χ0n) is 9.71. The third-order valence-electron chi connectivity index (χ3n) is 3.07. The van der Waals surface area contributed by atoms with Gasteiger partial charge >= 0.3 is 0 Å². The van der Waals surface area contributed by atoms with Gasteiger partial charge in [0.1, 0.15) is 0 Å². The number of carbonyl (C=O) groups is 1. The molecule has 1 aliphatic rings. The maximum Gasteiger partial charge on any atom is 0.224 e. The van der Waals surface area contributed by atoms with Crippen LogP contribution >= 0.6 is 22.6 Å². The number of anilines is 1. The van der Waals surface area contributed by atoms with E-state index >= 15 is 0 Å². The lowest BCUT2D eigenvalue weighted by Gasteiger charge is -2.08. The molecule has 0 spiro atoms. The van der Waals surface area contributed by atoms with Crippen LogP contribution in [-0.2, 0) is 4.79 Å². The van der Waals surface area contributed by atoms with Gasteiger partial charge in [-0.25, -0.2) is 0 Å². The SMILES string of the molecule is O=C(CCC1CCNC1)Nc1ccc(I)cc1. The van der Waals surface area contributed by atoms with Crippen molar-refractivity contribution in [3.63, 3.8) is 0 Å². The minimum Gasteiger partial charge on any atom is -0.326 e. The molecule has 1 amide bonds. The molecule has 17 heavy (non-hydrogen) atoms. The first-order valence-corrected chi connectivity index (χ1v) is 7.08. The normalized spacial score (nSPS) is 19.2. The lowest BCUT2D eigenvalue weighted by atomic mass is 10.0. The number of halogens is 1. The third kappa shape index (κ3) is 4.27. The number of amides is 1. The Morgan fingerprint density at radius 2 is 2.18 bits per heavy atom. The number of hydrogen-bond donors (Lipinski definition) is 2. The fourth-order valence-corrected chi connectivity index (χ4v) is 2.41. The van der Waals surface area contributed by atoms with Gasteiger partial charge in [0, 0.05) is 15.7 Å². The number of benzene rings is 1. The van der Waals surface area contributed by atoms with Crippen molar-refractivity contribution in [2.45, 2.75) is 19.3 Å². The minimum absolute atomic E-state index is 0.123. The van der Waals surface area contributed by atoms with Gasteiger partial charge in [-0.3, -0.25) is 4.79 Å². The molecule has 1 aromatic carbocycles. The molecule has 92 valence electrons. The highest BCUT2D eigenvalue weighted by molar-refractivity contribution is 14.1. The second kappa shape index (κ2) is 6.35. The Bertz CT molecular complexity index is 372. The van der Waals surface area contributed by atoms with Gasteiger partial charge in [-0.05, 0) is 78.7 Å². The molecule has 1 aliphatic heterocycles. The van der Waals surface area contributed by atoms with Crippen molar-refractivity contribution in [3.8, 4) is 0 Å². The van der Waals surface area contributed by atoms with Crippen molar-refractivity contribution < 1.29 is 4.79 Å². The Kier molecular flexibility index (Phi) is 4.79. The van der Waals surface area contributed by atoms with Gasteiger partial charge in [0.2, 0.25) is 5.91 Å². The van der Waals surface area contributed by atoms with Crippen molar-refractivity contribution in [2.75, 3.05) is 18.4 Å². The summed E-state index contributed by atoms with van der Waals surface area (Å²) in [4.78, 5) is 11.7. The summed E-state index contributed by atoms with van der Waals surface area (Å²) in [5, 5.41) is 6.25. The van der Waals surface area contributed by atoms with Gasteiger partial charge in [-0.15, -0.1) is 0 Å². The maximum atomic E-state index is 11.7. The van der Waals surface area contributed by atoms with Crippen molar-refractivity contribution in [2.24, 2.45) is 5.92 Å². The molecule has 1 atom stereocenters. The Morgan fingerprint density at radius 1 is 1.41 bits per heavy atom. The topological polar surface area (TPSA) is 41.1 Å². The molecular formula is C13H17IN2O. The Morgan fingerprint density at radius 3 is 2.82 bits per heavy atom. The predicted octanol–water partition coefficient (Wildman–Crippen LogP) is 2.62. The third-order valence-corrected chi connectivity index (χ3v) is 3.79. The average molecular weight is 344 g/mol. The monoisotopic (exact) mass is 344 g/mol. The smallest absolute Gasteiger partial charge is 0.224 e. The summed E-state index contributed by atoms with van der Waals surface area (Å²) in [7, 11) is 0. The molecule has 0 bridgehead atoms. The van der Waals surface area contributed by atoms with E-state index in [1.807, 2.05) is 24.3 Å². The molecule has 0 saturated carbocycles. The van der Waals surface area contributed by atoms with Gasteiger partial charge in [-0.1, -0.05) is 0 Å². The predicted molar refractivity (Wildman–Crippen MR) is 78.0 cm³/mol. The summed E-state index contributed by atoms with van der Waals surface area (Å²) in [6.45, 7) is 2.17. The lowest BCUT2D eigenvalue weighted by Crippen LogP contribution is -2.14. The molecule has 0 radical (unpaired) electrons. The van der Waals surface area contributed by atoms with Crippen molar-refractivity contribution in [1.29, 1.82) is 0 Å². The highest BCUT2D eigenvalue weighted by Crippen LogP contribution is 2.16. The van der Waals surface area contributed by atoms with Crippen LogP contribution in [0.2, 0.25) is 0 Å². The number of hydrogen-bond acceptors (Lipinski definition) is 2. The molecule has 2 N–H and O–H groups in total. The lowest BCUT2D eigenvalue weighted by molar-refractivity contribution is -0.116. The van der Waals surface area contributed by atoms with Crippen molar-refractivity contribution >= 4 is 34.2 Å². The van der Waals surface area contributed by atoms with Crippen molar-refractivity contribution in [3.05, 3.63) is 27.8 Å². The molecule has 1 saturated heterocycles. The van der Waals surface area contributed by atoms with Crippen LogP contribution in [0.4, 0.5) is 5.69 Å². The van der Waals surface area contributed by atoms with Crippen LogP contribution in [-0.4, -0.2) is 19.0 Å². The standard InChI is InChI=1S/C13H17IN2O/c14-11-2-4-12(5-3-11)16-13(17)6-1-10-7-8-15-9-10/h2-5,10,15H,1,6-9H2,(H,16,17). The maximum absolute atomic E-state index is 11.7. The summed E-state index contributed by atoms with van der Waals surface area (Å²) >= 11 is 2.25. The zero-order valence-corrected chi connectivity index (χ0v) is 11.9. The highest BCUT2D eigenvalue weighted by atomic mass is 127. The molecule has 4 heteroatoms. The summed E-state index contributed by atoms with van der Waals surface area (Å²) in [5.41, 5.74) is 0.889. The first kappa shape index (κ1) is 12.8. The number of nitrogens with one attached hydrogen (secondary N) is 2. The fraction of sp³-hybridized carbons (Fsp3) is 0.462. The van der Waals surface area contributed by atoms with Gasteiger partial charge in [0.25, 0.3) is 0 Å². The van der Waals surface area contributed by atoms with E-state index in [1.165, 1.54) is 9.99 Å². The molecule has 1 fully saturated rings. The van der Waals surface area contributed by atoms with Crippen LogP contribution < -0.4 is 10.6 Å². The largest absolute Gasteiger partial charge is 0.326 e. The van der Waals surface area contributed by atoms with Crippen LogP contribution in [0, 0.1) is 9.49 Å². The Hall–Kier alpha value is -0.620. The Balaban J connectivity index is 1.74. The molecule has 0 aliphatic carbocycles. The van der Waals surface area contributed by atoms with Gasteiger partial charge < -0.3 is 10.6 Å². The van der Waals surface area contributed by atoms with E-state index in [4.69, 9.17) is 0 Å². The molecular weight excluding hydrogens is 327 g/mol. The van der Waals surface area contributed by atoms with E-state index in [1.54, 1.807) is 0 Å². The van der Waals surface area contributed by atoms with E-state index in [0.29, 0.717) is 12.3 Å². The second-order valence-electron chi connectivity index (χ2n) is 4.45. The van der Waals surface area contributed by atoms with Crippen LogP contribution in [0.25, 0.3) is 0 Å². The number of rotatable bonds is 4.